The van der Waals surface area contributed by atoms with Gasteiger partial charge in [0.2, 0.25) is 0 Å². The summed E-state index contributed by atoms with van der Waals surface area (Å²) in [5.41, 5.74) is 4.26. The summed E-state index contributed by atoms with van der Waals surface area (Å²) in [6.07, 6.45) is 3.44. The Morgan fingerprint density at radius 3 is 2.85 bits per heavy atom. The van der Waals surface area contributed by atoms with Crippen LogP contribution < -0.4 is 5.32 Å². The van der Waals surface area contributed by atoms with Gasteiger partial charge in [0.15, 0.2) is 0 Å². The third-order valence-corrected chi connectivity index (χ3v) is 4.11. The maximum atomic E-state index is 8.88. The highest BCUT2D eigenvalue weighted by molar-refractivity contribution is 6.33. The molecule has 1 unspecified atom stereocenters. The van der Waals surface area contributed by atoms with Gasteiger partial charge < -0.3 is 5.32 Å². The SMILES string of the molecule is N#Cc1ccc(NC2CCCc3ccccc32)c(Cl)c1. The lowest BCUT2D eigenvalue weighted by molar-refractivity contribution is 0.600. The fourth-order valence-electron chi connectivity index (χ4n) is 2.79. The average Bonchev–Trinajstić information content (AvgIpc) is 2.49. The number of rotatable bonds is 2. The Bertz CT molecular complexity index is 673. The van der Waals surface area contributed by atoms with E-state index < -0.39 is 0 Å². The van der Waals surface area contributed by atoms with Gasteiger partial charge in [-0.1, -0.05) is 35.9 Å². The van der Waals surface area contributed by atoms with E-state index in [0.29, 0.717) is 16.6 Å². The lowest BCUT2D eigenvalue weighted by atomic mass is 9.87. The smallest absolute Gasteiger partial charge is 0.0992 e. The van der Waals surface area contributed by atoms with Crippen molar-refractivity contribution in [3.05, 3.63) is 64.2 Å². The monoisotopic (exact) mass is 282 g/mol. The molecule has 3 rings (SSSR count). The predicted octanol–water partition coefficient (Wildman–Crippen LogP) is 4.70. The van der Waals surface area contributed by atoms with E-state index in [1.807, 2.05) is 6.07 Å². The normalized spacial score (nSPS) is 17.1. The van der Waals surface area contributed by atoms with Gasteiger partial charge in [-0.05, 0) is 48.6 Å². The summed E-state index contributed by atoms with van der Waals surface area (Å²) in [4.78, 5) is 0. The molecule has 2 aromatic rings. The summed E-state index contributed by atoms with van der Waals surface area (Å²) in [5, 5.41) is 13.0. The molecule has 2 nitrogen and oxygen atoms in total. The molecule has 1 aliphatic rings. The number of hydrogen-bond donors (Lipinski definition) is 1. The Labute approximate surface area is 124 Å². The van der Waals surface area contributed by atoms with Crippen molar-refractivity contribution in [3.63, 3.8) is 0 Å². The van der Waals surface area contributed by atoms with Crippen molar-refractivity contribution < 1.29 is 0 Å². The number of nitriles is 1. The van der Waals surface area contributed by atoms with Gasteiger partial charge in [-0.3, -0.25) is 0 Å². The van der Waals surface area contributed by atoms with Gasteiger partial charge in [0.1, 0.15) is 0 Å². The van der Waals surface area contributed by atoms with Crippen LogP contribution in [0.2, 0.25) is 5.02 Å². The van der Waals surface area contributed by atoms with Crippen molar-refractivity contribution >= 4 is 17.3 Å². The van der Waals surface area contributed by atoms with Gasteiger partial charge in [0.05, 0.1) is 28.4 Å². The summed E-state index contributed by atoms with van der Waals surface area (Å²) in [5.74, 6) is 0. The average molecular weight is 283 g/mol. The van der Waals surface area contributed by atoms with Crippen molar-refractivity contribution in [2.45, 2.75) is 25.3 Å². The summed E-state index contributed by atoms with van der Waals surface area (Å²) in [6.45, 7) is 0. The third kappa shape index (κ3) is 2.50. The van der Waals surface area contributed by atoms with E-state index in [9.17, 15) is 0 Å². The number of halogens is 1. The number of nitrogens with zero attached hydrogens (tertiary/aromatic N) is 1. The van der Waals surface area contributed by atoms with E-state index in [4.69, 9.17) is 16.9 Å². The number of fused-ring (bicyclic) bond motifs is 1. The summed E-state index contributed by atoms with van der Waals surface area (Å²) in [7, 11) is 0. The van der Waals surface area contributed by atoms with Gasteiger partial charge in [-0.15, -0.1) is 0 Å². The van der Waals surface area contributed by atoms with E-state index in [1.165, 1.54) is 17.5 Å². The maximum absolute atomic E-state index is 8.88. The number of nitrogens with one attached hydrogen (secondary N) is 1. The fraction of sp³-hybridized carbons (Fsp3) is 0.235. The molecule has 0 amide bonds. The Hall–Kier alpha value is -1.98. The first-order chi connectivity index (χ1) is 9.78. The van der Waals surface area contributed by atoms with E-state index in [-0.39, 0.29) is 0 Å². The van der Waals surface area contributed by atoms with Crippen molar-refractivity contribution in [1.82, 2.24) is 0 Å². The van der Waals surface area contributed by atoms with Crippen LogP contribution in [0.15, 0.2) is 42.5 Å². The molecule has 2 aromatic carbocycles. The predicted molar refractivity (Wildman–Crippen MR) is 81.9 cm³/mol. The Balaban J connectivity index is 1.88. The van der Waals surface area contributed by atoms with Crippen LogP contribution in [-0.2, 0) is 6.42 Å². The molecule has 0 saturated heterocycles. The Morgan fingerprint density at radius 1 is 1.20 bits per heavy atom. The van der Waals surface area contributed by atoms with Crippen LogP contribution in [0.1, 0.15) is 35.6 Å². The topological polar surface area (TPSA) is 35.8 Å². The minimum atomic E-state index is 0.297. The quantitative estimate of drug-likeness (QED) is 0.866. The molecule has 0 radical (unpaired) electrons. The van der Waals surface area contributed by atoms with Gasteiger partial charge >= 0.3 is 0 Å². The molecule has 0 bridgehead atoms. The van der Waals surface area contributed by atoms with Crippen LogP contribution in [0, 0.1) is 11.3 Å². The molecule has 20 heavy (non-hydrogen) atoms. The van der Waals surface area contributed by atoms with Gasteiger partial charge in [-0.25, -0.2) is 0 Å². The highest BCUT2D eigenvalue weighted by Crippen LogP contribution is 2.34. The Kier molecular flexibility index (Phi) is 3.62. The van der Waals surface area contributed by atoms with E-state index in [1.54, 1.807) is 12.1 Å². The minimum Gasteiger partial charge on any atom is -0.377 e. The summed E-state index contributed by atoms with van der Waals surface area (Å²) in [6, 6.07) is 16.3. The van der Waals surface area contributed by atoms with Crippen LogP contribution in [0.3, 0.4) is 0 Å². The first kappa shape index (κ1) is 13.0. The van der Waals surface area contributed by atoms with Crippen LogP contribution in [0.5, 0.6) is 0 Å². The first-order valence-corrected chi connectivity index (χ1v) is 7.20. The number of aryl methyl sites for hydroxylation is 1. The van der Waals surface area contributed by atoms with Gasteiger partial charge in [0.25, 0.3) is 0 Å². The van der Waals surface area contributed by atoms with E-state index in [0.717, 1.165) is 18.5 Å². The zero-order valence-corrected chi connectivity index (χ0v) is 11.8. The molecule has 0 saturated carbocycles. The molecule has 1 atom stereocenters. The highest BCUT2D eigenvalue weighted by atomic mass is 35.5. The van der Waals surface area contributed by atoms with Crippen molar-refractivity contribution in [3.8, 4) is 6.07 Å². The van der Waals surface area contributed by atoms with Crippen LogP contribution in [0.25, 0.3) is 0 Å². The number of benzene rings is 2. The van der Waals surface area contributed by atoms with Crippen molar-refractivity contribution in [1.29, 1.82) is 5.26 Å². The van der Waals surface area contributed by atoms with Crippen molar-refractivity contribution in [2.24, 2.45) is 0 Å². The molecular formula is C17H15ClN2. The minimum absolute atomic E-state index is 0.297. The molecule has 3 heteroatoms. The van der Waals surface area contributed by atoms with E-state index in [2.05, 4.69) is 35.7 Å². The molecule has 0 spiro atoms. The molecule has 0 aromatic heterocycles. The fourth-order valence-corrected chi connectivity index (χ4v) is 3.03. The van der Waals surface area contributed by atoms with Crippen molar-refractivity contribution in [2.75, 3.05) is 5.32 Å². The lowest BCUT2D eigenvalue weighted by Gasteiger charge is -2.27. The maximum Gasteiger partial charge on any atom is 0.0992 e. The number of hydrogen-bond acceptors (Lipinski definition) is 2. The zero-order chi connectivity index (χ0) is 13.9. The number of anilines is 1. The standard InChI is InChI=1S/C17H15ClN2/c18-15-10-12(11-19)8-9-17(15)20-16-7-3-5-13-4-1-2-6-14(13)16/h1-2,4,6,8-10,16,20H,3,5,7H2. The second-order valence-electron chi connectivity index (χ2n) is 5.09. The highest BCUT2D eigenvalue weighted by Gasteiger charge is 2.20. The van der Waals surface area contributed by atoms with Gasteiger partial charge in [-0.2, -0.15) is 5.26 Å². The van der Waals surface area contributed by atoms with Gasteiger partial charge in [0, 0.05) is 0 Å². The molecule has 0 fully saturated rings. The second kappa shape index (κ2) is 5.56. The molecule has 100 valence electrons. The summed E-state index contributed by atoms with van der Waals surface area (Å²) >= 11 is 6.24. The first-order valence-electron chi connectivity index (χ1n) is 6.82. The lowest BCUT2D eigenvalue weighted by Crippen LogP contribution is -2.17. The van der Waals surface area contributed by atoms with Crippen LogP contribution >= 0.6 is 11.6 Å². The van der Waals surface area contributed by atoms with Crippen LogP contribution in [0.4, 0.5) is 5.69 Å². The zero-order valence-electron chi connectivity index (χ0n) is 11.1. The molecule has 0 heterocycles. The molecular weight excluding hydrogens is 268 g/mol. The second-order valence-corrected chi connectivity index (χ2v) is 5.50. The molecule has 1 N–H and O–H groups in total. The van der Waals surface area contributed by atoms with E-state index >= 15 is 0 Å². The molecule has 0 aliphatic heterocycles. The Morgan fingerprint density at radius 2 is 2.05 bits per heavy atom. The largest absolute Gasteiger partial charge is 0.377 e. The third-order valence-electron chi connectivity index (χ3n) is 3.80. The van der Waals surface area contributed by atoms with Crippen LogP contribution in [-0.4, -0.2) is 0 Å². The molecule has 1 aliphatic carbocycles. The summed E-state index contributed by atoms with van der Waals surface area (Å²) < 4.78 is 0.